The van der Waals surface area contributed by atoms with Gasteiger partial charge in [-0.1, -0.05) is 20.8 Å². The number of hydrogen-bond acceptors (Lipinski definition) is 6. The number of hydrogen-bond donors (Lipinski definition) is 2. The highest BCUT2D eigenvalue weighted by molar-refractivity contribution is 7.84. The molecule has 0 aliphatic rings. The standard InChI is InChI=1S/C7H18N2O6S2/c1-5(2)7(15-17(9,12)13)6(3)4-14-16(8,10)11/h5-7H,4H2,1-3H3,(H2,8,10,11)(H2,9,12,13). The molecule has 0 aromatic carbocycles. The van der Waals surface area contributed by atoms with Crippen molar-refractivity contribution >= 4 is 20.6 Å². The van der Waals surface area contributed by atoms with Crippen LogP contribution in [0.5, 0.6) is 0 Å². The molecule has 2 atom stereocenters. The molecule has 0 aromatic rings. The van der Waals surface area contributed by atoms with Gasteiger partial charge in [0.05, 0.1) is 12.7 Å². The van der Waals surface area contributed by atoms with Crippen LogP contribution < -0.4 is 10.3 Å². The third-order valence-electron chi connectivity index (χ3n) is 1.96. The van der Waals surface area contributed by atoms with Crippen molar-refractivity contribution in [3.05, 3.63) is 0 Å². The van der Waals surface area contributed by atoms with Crippen LogP contribution in [-0.2, 0) is 29.0 Å². The van der Waals surface area contributed by atoms with Crippen molar-refractivity contribution in [1.82, 2.24) is 0 Å². The molecule has 0 saturated carbocycles. The van der Waals surface area contributed by atoms with Crippen LogP contribution in [0.25, 0.3) is 0 Å². The van der Waals surface area contributed by atoms with Gasteiger partial charge >= 0.3 is 20.6 Å². The van der Waals surface area contributed by atoms with E-state index in [4.69, 9.17) is 5.14 Å². The molecule has 17 heavy (non-hydrogen) atoms. The third kappa shape index (κ3) is 8.46. The molecular weight excluding hydrogens is 272 g/mol. The largest absolute Gasteiger partial charge is 0.333 e. The lowest BCUT2D eigenvalue weighted by molar-refractivity contribution is 0.0766. The summed E-state index contributed by atoms with van der Waals surface area (Å²) in [5, 5.41) is 9.41. The summed E-state index contributed by atoms with van der Waals surface area (Å²) in [6.07, 6.45) is -0.785. The fraction of sp³-hybridized carbons (Fsp3) is 1.00. The zero-order valence-corrected chi connectivity index (χ0v) is 11.5. The number of rotatable bonds is 7. The Balaban J connectivity index is 4.62. The van der Waals surface area contributed by atoms with Crippen molar-refractivity contribution in [2.24, 2.45) is 22.1 Å². The monoisotopic (exact) mass is 290 g/mol. The van der Waals surface area contributed by atoms with E-state index >= 15 is 0 Å². The quantitative estimate of drug-likeness (QED) is 0.622. The summed E-state index contributed by atoms with van der Waals surface area (Å²) in [6.45, 7) is 4.71. The Morgan fingerprint density at radius 2 is 1.47 bits per heavy atom. The Hall–Kier alpha value is -0.260. The predicted octanol–water partition coefficient (Wildman–Crippen LogP) is -0.913. The highest BCUT2D eigenvalue weighted by Gasteiger charge is 2.27. The average molecular weight is 290 g/mol. The van der Waals surface area contributed by atoms with E-state index in [-0.39, 0.29) is 12.5 Å². The van der Waals surface area contributed by atoms with Crippen LogP contribution in [0.3, 0.4) is 0 Å². The fourth-order valence-electron chi connectivity index (χ4n) is 1.31. The molecule has 8 nitrogen and oxygen atoms in total. The molecule has 0 rings (SSSR count). The lowest BCUT2D eigenvalue weighted by Gasteiger charge is -2.25. The molecule has 0 aromatic heterocycles. The van der Waals surface area contributed by atoms with Crippen molar-refractivity contribution in [3.63, 3.8) is 0 Å². The van der Waals surface area contributed by atoms with Gasteiger partial charge in [0.1, 0.15) is 0 Å². The summed E-state index contributed by atoms with van der Waals surface area (Å²) in [4.78, 5) is 0. The lowest BCUT2D eigenvalue weighted by Crippen LogP contribution is -2.36. The second kappa shape index (κ2) is 6.07. The Bertz CT molecular complexity index is 429. The number of nitrogens with two attached hydrogens (primary N) is 2. The van der Waals surface area contributed by atoms with E-state index in [9.17, 15) is 16.8 Å². The van der Waals surface area contributed by atoms with E-state index in [2.05, 4.69) is 13.5 Å². The first-order valence-electron chi connectivity index (χ1n) is 4.80. The summed E-state index contributed by atoms with van der Waals surface area (Å²) >= 11 is 0. The zero-order valence-electron chi connectivity index (χ0n) is 9.86. The van der Waals surface area contributed by atoms with Gasteiger partial charge in [-0.25, -0.2) is 10.3 Å². The van der Waals surface area contributed by atoms with Crippen molar-refractivity contribution < 1.29 is 25.2 Å². The molecular formula is C7H18N2O6S2. The van der Waals surface area contributed by atoms with E-state index in [1.807, 2.05) is 0 Å². The minimum Gasteiger partial charge on any atom is -0.258 e. The van der Waals surface area contributed by atoms with E-state index in [0.29, 0.717) is 0 Å². The van der Waals surface area contributed by atoms with Gasteiger partial charge in [0, 0.05) is 5.92 Å². The van der Waals surface area contributed by atoms with E-state index < -0.39 is 32.6 Å². The zero-order chi connectivity index (χ0) is 13.9. The van der Waals surface area contributed by atoms with Gasteiger partial charge in [0.2, 0.25) is 0 Å². The predicted molar refractivity (Wildman–Crippen MR) is 61.0 cm³/mol. The van der Waals surface area contributed by atoms with E-state index in [0.717, 1.165) is 0 Å². The Morgan fingerprint density at radius 3 is 1.76 bits per heavy atom. The summed E-state index contributed by atoms with van der Waals surface area (Å²) in [7, 11) is -8.16. The average Bonchev–Trinajstić information content (AvgIpc) is 2.07. The Labute approximate surface area is 102 Å². The molecule has 0 spiro atoms. The van der Waals surface area contributed by atoms with Gasteiger partial charge in [0.15, 0.2) is 0 Å². The Kier molecular flexibility index (Phi) is 5.98. The van der Waals surface area contributed by atoms with Crippen molar-refractivity contribution in [2.75, 3.05) is 6.61 Å². The van der Waals surface area contributed by atoms with Crippen LogP contribution in [-0.4, -0.2) is 29.5 Å². The molecule has 0 aliphatic carbocycles. The van der Waals surface area contributed by atoms with Crippen LogP contribution in [0.2, 0.25) is 0 Å². The first kappa shape index (κ1) is 16.7. The maximum Gasteiger partial charge on any atom is 0.333 e. The summed E-state index contributed by atoms with van der Waals surface area (Å²) < 4.78 is 51.8. The second-order valence-electron chi connectivity index (χ2n) is 4.05. The highest BCUT2D eigenvalue weighted by atomic mass is 32.2. The highest BCUT2D eigenvalue weighted by Crippen LogP contribution is 2.18. The second-order valence-corrected chi connectivity index (χ2v) is 6.45. The summed E-state index contributed by atoms with van der Waals surface area (Å²) in [5.41, 5.74) is 0. The molecule has 4 N–H and O–H groups in total. The van der Waals surface area contributed by atoms with Crippen LogP contribution in [0.1, 0.15) is 20.8 Å². The molecule has 0 saturated heterocycles. The smallest absolute Gasteiger partial charge is 0.258 e. The normalized spacial score (nSPS) is 17.1. The van der Waals surface area contributed by atoms with Crippen LogP contribution in [0.4, 0.5) is 0 Å². The van der Waals surface area contributed by atoms with Gasteiger partial charge in [-0.3, -0.25) is 8.37 Å². The van der Waals surface area contributed by atoms with Crippen LogP contribution in [0, 0.1) is 11.8 Å². The van der Waals surface area contributed by atoms with Gasteiger partial charge in [-0.2, -0.15) is 16.8 Å². The maximum atomic E-state index is 10.8. The van der Waals surface area contributed by atoms with E-state index in [1.54, 1.807) is 20.8 Å². The fourth-order valence-corrected chi connectivity index (χ4v) is 2.44. The molecule has 0 bridgehead atoms. The van der Waals surface area contributed by atoms with Gasteiger partial charge < -0.3 is 0 Å². The third-order valence-corrected chi connectivity index (χ3v) is 2.91. The SMILES string of the molecule is CC(C)C(OS(N)(=O)=O)C(C)COS(N)(=O)=O. The first-order valence-corrected chi connectivity index (χ1v) is 7.75. The molecule has 0 heterocycles. The first-order chi connectivity index (χ1) is 7.42. The molecule has 0 fully saturated rings. The minimum absolute atomic E-state index is 0.188. The van der Waals surface area contributed by atoms with E-state index in [1.165, 1.54) is 0 Å². The molecule has 2 unspecified atom stereocenters. The van der Waals surface area contributed by atoms with Crippen molar-refractivity contribution in [1.29, 1.82) is 0 Å². The lowest BCUT2D eigenvalue weighted by atomic mass is 9.96. The Morgan fingerprint density at radius 1 is 1.00 bits per heavy atom. The van der Waals surface area contributed by atoms with Gasteiger partial charge in [0.25, 0.3) is 0 Å². The summed E-state index contributed by atoms with van der Waals surface area (Å²) in [5.74, 6) is -0.695. The molecule has 10 heteroatoms. The van der Waals surface area contributed by atoms with Crippen LogP contribution in [0.15, 0.2) is 0 Å². The summed E-state index contributed by atoms with van der Waals surface area (Å²) in [6, 6.07) is 0. The molecule has 0 radical (unpaired) electrons. The molecule has 0 amide bonds. The topological polar surface area (TPSA) is 139 Å². The van der Waals surface area contributed by atoms with Crippen molar-refractivity contribution in [3.8, 4) is 0 Å². The van der Waals surface area contributed by atoms with Crippen molar-refractivity contribution in [2.45, 2.75) is 26.9 Å². The van der Waals surface area contributed by atoms with Gasteiger partial charge in [-0.15, -0.1) is 0 Å². The van der Waals surface area contributed by atoms with Crippen LogP contribution >= 0.6 is 0 Å². The van der Waals surface area contributed by atoms with Gasteiger partial charge in [-0.05, 0) is 5.92 Å². The molecule has 0 aliphatic heterocycles. The molecule has 104 valence electrons. The minimum atomic E-state index is -4.10. The maximum absolute atomic E-state index is 10.8.